The monoisotopic (exact) mass is 281 g/mol. The van der Waals surface area contributed by atoms with Gasteiger partial charge >= 0.3 is 0 Å². The first kappa shape index (κ1) is 12.8. The average molecular weight is 282 g/mol. The number of rotatable bonds is 2. The molecule has 0 aliphatic carbocycles. The predicted molar refractivity (Wildman–Crippen MR) is 72.5 cm³/mol. The third-order valence-corrected chi connectivity index (χ3v) is 4.04. The molecule has 0 spiro atoms. The van der Waals surface area contributed by atoms with Crippen LogP contribution in [0, 0.1) is 0 Å². The number of Topliss-reactive ketones (excluding diaryl/α,β-unsaturated/α-hetero) is 1. The van der Waals surface area contributed by atoms with Crippen LogP contribution < -0.4 is 15.2 Å². The molecule has 0 unspecified atom stereocenters. The van der Waals surface area contributed by atoms with Crippen molar-refractivity contribution in [2.75, 3.05) is 19.8 Å². The summed E-state index contributed by atoms with van der Waals surface area (Å²) in [4.78, 5) is 12.2. The van der Waals surface area contributed by atoms with Gasteiger partial charge in [-0.3, -0.25) is 4.79 Å². The van der Waals surface area contributed by atoms with E-state index in [9.17, 15) is 4.79 Å². The van der Waals surface area contributed by atoms with Gasteiger partial charge in [0.1, 0.15) is 11.5 Å². The highest BCUT2D eigenvalue weighted by atomic mass is 35.5. The zero-order chi connectivity index (χ0) is 13.4. The van der Waals surface area contributed by atoms with Gasteiger partial charge in [0, 0.05) is 11.1 Å². The summed E-state index contributed by atoms with van der Waals surface area (Å²) in [6.07, 6.45) is 3.39. The molecule has 0 radical (unpaired) electrons. The first-order valence-electron chi connectivity index (χ1n) is 6.60. The lowest BCUT2D eigenvalue weighted by Crippen LogP contribution is -2.23. The third-order valence-electron chi connectivity index (χ3n) is 3.64. The van der Waals surface area contributed by atoms with Crippen LogP contribution in [0.2, 0.25) is 5.02 Å². The lowest BCUT2D eigenvalue weighted by molar-refractivity contribution is 0.0994. The second kappa shape index (κ2) is 5.02. The molecular formula is C14H16ClNO3. The zero-order valence-electron chi connectivity index (χ0n) is 10.6. The fourth-order valence-electron chi connectivity index (χ4n) is 2.79. The van der Waals surface area contributed by atoms with E-state index in [4.69, 9.17) is 26.8 Å². The highest BCUT2D eigenvalue weighted by Gasteiger charge is 2.30. The second-order valence-electron chi connectivity index (χ2n) is 4.84. The van der Waals surface area contributed by atoms with E-state index in [1.54, 1.807) is 0 Å². The summed E-state index contributed by atoms with van der Waals surface area (Å²) in [5.41, 5.74) is 7.89. The van der Waals surface area contributed by atoms with Crippen molar-refractivity contribution in [3.8, 4) is 11.5 Å². The first-order chi connectivity index (χ1) is 9.24. The molecule has 0 aromatic heterocycles. The minimum atomic E-state index is -0.100. The van der Waals surface area contributed by atoms with E-state index >= 15 is 0 Å². The molecule has 0 bridgehead atoms. The van der Waals surface area contributed by atoms with Gasteiger partial charge in [0.2, 0.25) is 0 Å². The Bertz CT molecular complexity index is 505. The van der Waals surface area contributed by atoms with Gasteiger partial charge in [-0.1, -0.05) is 11.6 Å². The number of fused-ring (bicyclic) bond motifs is 2. The fraction of sp³-hybridized carbons (Fsp3) is 0.500. The molecule has 0 atom stereocenters. The Labute approximate surface area is 116 Å². The van der Waals surface area contributed by atoms with E-state index in [2.05, 4.69) is 0 Å². The van der Waals surface area contributed by atoms with E-state index in [0.717, 1.165) is 36.8 Å². The molecule has 2 heterocycles. The number of halogens is 1. The van der Waals surface area contributed by atoms with Crippen LogP contribution >= 0.6 is 11.6 Å². The van der Waals surface area contributed by atoms with Gasteiger partial charge in [0.05, 0.1) is 30.3 Å². The molecule has 2 aliphatic heterocycles. The standard InChI is InChI=1S/C14H16ClNO3/c15-12-9-4-2-5-18-13(9)11(10(17)7-16)8-3-1-6-19-14(8)12/h1-7,16H2. The van der Waals surface area contributed by atoms with Crippen LogP contribution in [0.3, 0.4) is 0 Å². The van der Waals surface area contributed by atoms with Gasteiger partial charge < -0.3 is 15.2 Å². The van der Waals surface area contributed by atoms with Crippen molar-refractivity contribution in [2.24, 2.45) is 5.73 Å². The van der Waals surface area contributed by atoms with Crippen molar-refractivity contribution < 1.29 is 14.3 Å². The SMILES string of the molecule is NCC(=O)c1c2c(c(Cl)c3c1OCCC3)OCCC2. The minimum absolute atomic E-state index is 0.0239. The number of hydrogen-bond donors (Lipinski definition) is 1. The number of nitrogens with two attached hydrogens (primary N) is 1. The molecule has 0 amide bonds. The highest BCUT2D eigenvalue weighted by Crippen LogP contribution is 2.46. The summed E-state index contributed by atoms with van der Waals surface area (Å²) in [6, 6.07) is 0. The second-order valence-corrected chi connectivity index (χ2v) is 5.21. The summed E-state index contributed by atoms with van der Waals surface area (Å²) in [5.74, 6) is 1.20. The Hall–Kier alpha value is -1.26. The maximum Gasteiger partial charge on any atom is 0.180 e. The number of ether oxygens (including phenoxy) is 2. The summed E-state index contributed by atoms with van der Waals surface area (Å²) in [7, 11) is 0. The minimum Gasteiger partial charge on any atom is -0.492 e. The topological polar surface area (TPSA) is 61.6 Å². The van der Waals surface area contributed by atoms with Crippen molar-refractivity contribution >= 4 is 17.4 Å². The van der Waals surface area contributed by atoms with Crippen molar-refractivity contribution in [2.45, 2.75) is 25.7 Å². The third kappa shape index (κ3) is 1.99. The molecule has 4 nitrogen and oxygen atoms in total. The largest absolute Gasteiger partial charge is 0.492 e. The Balaban J connectivity index is 2.28. The molecule has 1 aromatic carbocycles. The van der Waals surface area contributed by atoms with E-state index in [1.807, 2.05) is 0 Å². The Morgan fingerprint density at radius 1 is 1.11 bits per heavy atom. The normalized spacial score (nSPS) is 16.9. The maximum atomic E-state index is 12.2. The van der Waals surface area contributed by atoms with Gasteiger partial charge in [0.25, 0.3) is 0 Å². The van der Waals surface area contributed by atoms with Crippen LogP contribution in [0.25, 0.3) is 0 Å². The first-order valence-corrected chi connectivity index (χ1v) is 6.98. The number of ketones is 1. The number of carbonyl (C=O) groups excluding carboxylic acids is 1. The molecule has 2 aliphatic rings. The van der Waals surface area contributed by atoms with Crippen molar-refractivity contribution in [1.29, 1.82) is 0 Å². The fourth-order valence-corrected chi connectivity index (χ4v) is 3.13. The van der Waals surface area contributed by atoms with Crippen LogP contribution in [0.1, 0.15) is 34.3 Å². The quantitative estimate of drug-likeness (QED) is 0.844. The van der Waals surface area contributed by atoms with Crippen molar-refractivity contribution in [1.82, 2.24) is 0 Å². The van der Waals surface area contributed by atoms with Gasteiger partial charge in [-0.2, -0.15) is 0 Å². The lowest BCUT2D eigenvalue weighted by atomic mass is 9.91. The molecule has 0 saturated heterocycles. The van der Waals surface area contributed by atoms with Gasteiger partial charge in [-0.05, 0) is 25.7 Å². The van der Waals surface area contributed by atoms with Crippen LogP contribution in [0.15, 0.2) is 0 Å². The summed E-state index contributed by atoms with van der Waals surface area (Å²) < 4.78 is 11.4. The van der Waals surface area contributed by atoms with Crippen molar-refractivity contribution in [3.63, 3.8) is 0 Å². The summed E-state index contributed by atoms with van der Waals surface area (Å²) in [6.45, 7) is 1.24. The molecule has 2 N–H and O–H groups in total. The number of benzene rings is 1. The Kier molecular flexibility index (Phi) is 3.37. The van der Waals surface area contributed by atoms with Crippen LogP contribution in [0.5, 0.6) is 11.5 Å². The van der Waals surface area contributed by atoms with Gasteiger partial charge in [0.15, 0.2) is 5.78 Å². The molecule has 5 heteroatoms. The molecule has 0 saturated carbocycles. The molecular weight excluding hydrogens is 266 g/mol. The Morgan fingerprint density at radius 2 is 1.74 bits per heavy atom. The maximum absolute atomic E-state index is 12.2. The van der Waals surface area contributed by atoms with E-state index in [-0.39, 0.29) is 12.3 Å². The summed E-state index contributed by atoms with van der Waals surface area (Å²) >= 11 is 6.42. The predicted octanol–water partition coefficient (Wildman–Crippen LogP) is 2.13. The lowest BCUT2D eigenvalue weighted by Gasteiger charge is -2.28. The molecule has 1 aromatic rings. The van der Waals surface area contributed by atoms with Gasteiger partial charge in [-0.15, -0.1) is 0 Å². The molecule has 0 fully saturated rings. The highest BCUT2D eigenvalue weighted by molar-refractivity contribution is 6.33. The summed E-state index contributed by atoms with van der Waals surface area (Å²) in [5, 5.41) is 0.609. The average Bonchev–Trinajstić information content (AvgIpc) is 2.47. The van der Waals surface area contributed by atoms with Crippen LogP contribution in [-0.2, 0) is 12.8 Å². The zero-order valence-corrected chi connectivity index (χ0v) is 11.4. The smallest absolute Gasteiger partial charge is 0.180 e. The Morgan fingerprint density at radius 3 is 2.42 bits per heavy atom. The van der Waals surface area contributed by atoms with Crippen molar-refractivity contribution in [3.05, 3.63) is 21.7 Å². The van der Waals surface area contributed by atoms with Crippen LogP contribution in [-0.4, -0.2) is 25.5 Å². The molecule has 19 heavy (non-hydrogen) atoms. The number of hydrogen-bond acceptors (Lipinski definition) is 4. The van der Waals surface area contributed by atoms with Crippen LogP contribution in [0.4, 0.5) is 0 Å². The van der Waals surface area contributed by atoms with E-state index in [0.29, 0.717) is 35.3 Å². The van der Waals surface area contributed by atoms with E-state index < -0.39 is 0 Å². The number of carbonyl (C=O) groups is 1. The van der Waals surface area contributed by atoms with Gasteiger partial charge in [-0.25, -0.2) is 0 Å². The van der Waals surface area contributed by atoms with E-state index in [1.165, 1.54) is 0 Å². The molecule has 3 rings (SSSR count). The molecule has 102 valence electrons.